The lowest BCUT2D eigenvalue weighted by molar-refractivity contribution is 0.211. The van der Waals surface area contributed by atoms with E-state index in [1.807, 2.05) is 6.07 Å². The average molecular weight is 177 g/mol. The fourth-order valence-corrected chi connectivity index (χ4v) is 1.14. The molecule has 1 amide bonds. The number of benzene rings is 1. The monoisotopic (exact) mass is 177 g/mol. The number of H-pyrrole nitrogens is 1. The third-order valence-corrected chi connectivity index (χ3v) is 1.65. The lowest BCUT2D eigenvalue weighted by Gasteiger charge is -2.00. The summed E-state index contributed by atoms with van der Waals surface area (Å²) in [6.07, 6.45) is 0.811. The van der Waals surface area contributed by atoms with E-state index in [1.165, 1.54) is 0 Å². The first-order valence-electron chi connectivity index (χ1n) is 3.67. The molecule has 0 unspecified atom stereocenters. The molecule has 0 saturated carbocycles. The van der Waals surface area contributed by atoms with Gasteiger partial charge < -0.3 is 10.5 Å². The number of nitrogens with two attached hydrogens (primary N) is 1. The minimum atomic E-state index is -0.831. The van der Waals surface area contributed by atoms with Gasteiger partial charge in [0.25, 0.3) is 0 Å². The maximum atomic E-state index is 10.5. The number of fused-ring (bicyclic) bond motifs is 1. The number of primary amides is 1. The molecule has 0 radical (unpaired) electrons. The quantitative estimate of drug-likeness (QED) is 0.682. The van der Waals surface area contributed by atoms with Gasteiger partial charge in [0, 0.05) is 5.39 Å². The van der Waals surface area contributed by atoms with Crippen molar-refractivity contribution < 1.29 is 9.53 Å². The van der Waals surface area contributed by atoms with Crippen LogP contribution in [0.15, 0.2) is 24.4 Å². The molecule has 0 fully saturated rings. The predicted molar refractivity (Wildman–Crippen MR) is 46.3 cm³/mol. The second-order valence-electron chi connectivity index (χ2n) is 2.51. The molecule has 0 bridgehead atoms. The van der Waals surface area contributed by atoms with Gasteiger partial charge in [-0.05, 0) is 6.07 Å². The van der Waals surface area contributed by atoms with Gasteiger partial charge in [-0.25, -0.2) is 4.79 Å². The van der Waals surface area contributed by atoms with Crippen LogP contribution < -0.4 is 10.5 Å². The van der Waals surface area contributed by atoms with E-state index in [9.17, 15) is 4.79 Å². The van der Waals surface area contributed by atoms with E-state index in [1.54, 1.807) is 18.3 Å². The van der Waals surface area contributed by atoms with Gasteiger partial charge in [-0.3, -0.25) is 5.10 Å². The van der Waals surface area contributed by atoms with Crippen LogP contribution in [0.2, 0.25) is 0 Å². The summed E-state index contributed by atoms with van der Waals surface area (Å²) in [5, 5.41) is 7.40. The van der Waals surface area contributed by atoms with Gasteiger partial charge in [-0.2, -0.15) is 5.10 Å². The molecular formula is C8H7N3O2. The van der Waals surface area contributed by atoms with Gasteiger partial charge in [-0.15, -0.1) is 0 Å². The predicted octanol–water partition coefficient (Wildman–Crippen LogP) is 1.02. The molecule has 3 N–H and O–H groups in total. The number of amides is 1. The van der Waals surface area contributed by atoms with Crippen LogP contribution in [-0.4, -0.2) is 16.3 Å². The van der Waals surface area contributed by atoms with E-state index < -0.39 is 6.09 Å². The summed E-state index contributed by atoms with van der Waals surface area (Å²) in [7, 11) is 0. The lowest BCUT2D eigenvalue weighted by Crippen LogP contribution is -2.16. The molecule has 1 aromatic heterocycles. The highest BCUT2D eigenvalue weighted by Gasteiger charge is 2.05. The smallest absolute Gasteiger partial charge is 0.408 e. The summed E-state index contributed by atoms with van der Waals surface area (Å²) in [4.78, 5) is 10.5. The van der Waals surface area contributed by atoms with Crippen LogP contribution in [0.4, 0.5) is 4.79 Å². The van der Waals surface area contributed by atoms with Crippen molar-refractivity contribution in [2.45, 2.75) is 0 Å². The Hall–Kier alpha value is -2.04. The number of para-hydroxylation sites is 1. The van der Waals surface area contributed by atoms with Crippen molar-refractivity contribution in [2.75, 3.05) is 0 Å². The molecule has 1 aromatic carbocycles. The number of carbonyl (C=O) groups excluding carboxylic acids is 1. The number of nitrogens with one attached hydrogen (secondary N) is 1. The van der Waals surface area contributed by atoms with Crippen molar-refractivity contribution in [3.8, 4) is 5.75 Å². The Morgan fingerprint density at radius 2 is 2.38 bits per heavy atom. The summed E-state index contributed by atoms with van der Waals surface area (Å²) in [6.45, 7) is 0. The number of aromatic amines is 1. The number of aromatic nitrogens is 2. The van der Waals surface area contributed by atoms with Crippen LogP contribution in [-0.2, 0) is 0 Å². The fraction of sp³-hybridized carbons (Fsp3) is 0. The van der Waals surface area contributed by atoms with Crippen LogP contribution in [0.5, 0.6) is 5.75 Å². The molecule has 5 nitrogen and oxygen atoms in total. The first-order valence-corrected chi connectivity index (χ1v) is 3.67. The van der Waals surface area contributed by atoms with Crippen molar-refractivity contribution in [3.05, 3.63) is 24.4 Å². The van der Waals surface area contributed by atoms with Crippen LogP contribution in [0, 0.1) is 0 Å². The van der Waals surface area contributed by atoms with Crippen LogP contribution in [0.3, 0.4) is 0 Å². The molecule has 66 valence electrons. The highest BCUT2D eigenvalue weighted by Crippen LogP contribution is 2.22. The molecule has 2 rings (SSSR count). The van der Waals surface area contributed by atoms with E-state index in [0.29, 0.717) is 11.3 Å². The molecule has 0 atom stereocenters. The highest BCUT2D eigenvalue weighted by atomic mass is 16.5. The van der Waals surface area contributed by atoms with Crippen molar-refractivity contribution in [2.24, 2.45) is 5.73 Å². The topological polar surface area (TPSA) is 81.0 Å². The van der Waals surface area contributed by atoms with Gasteiger partial charge in [0.15, 0.2) is 5.75 Å². The molecule has 0 aliphatic carbocycles. The van der Waals surface area contributed by atoms with E-state index in [0.717, 1.165) is 5.39 Å². The molecule has 13 heavy (non-hydrogen) atoms. The standard InChI is InChI=1S/C8H7N3O2/c9-8(12)13-6-3-1-2-5-4-10-11-7(5)6/h1-4H,(H2,9,12)(H,10,11). The average Bonchev–Trinajstić information content (AvgIpc) is 2.51. The largest absolute Gasteiger partial charge is 0.410 e. The molecule has 0 saturated heterocycles. The van der Waals surface area contributed by atoms with Gasteiger partial charge in [0.2, 0.25) is 0 Å². The maximum absolute atomic E-state index is 10.5. The second kappa shape index (κ2) is 2.78. The molecule has 2 aromatic rings. The number of nitrogens with zero attached hydrogens (tertiary/aromatic N) is 1. The summed E-state index contributed by atoms with van der Waals surface area (Å²) >= 11 is 0. The summed E-state index contributed by atoms with van der Waals surface area (Å²) in [5.41, 5.74) is 5.56. The molecule has 0 aliphatic rings. The minimum absolute atomic E-state index is 0.391. The van der Waals surface area contributed by atoms with Gasteiger partial charge >= 0.3 is 6.09 Å². The van der Waals surface area contributed by atoms with Crippen molar-refractivity contribution in [1.29, 1.82) is 0 Å². The summed E-state index contributed by atoms with van der Waals surface area (Å²) in [5.74, 6) is 0.391. The maximum Gasteiger partial charge on any atom is 0.410 e. The van der Waals surface area contributed by atoms with E-state index in [4.69, 9.17) is 10.5 Å². The zero-order chi connectivity index (χ0) is 9.26. The van der Waals surface area contributed by atoms with Crippen molar-refractivity contribution in [3.63, 3.8) is 0 Å². The van der Waals surface area contributed by atoms with Crippen molar-refractivity contribution in [1.82, 2.24) is 10.2 Å². The SMILES string of the molecule is NC(=O)Oc1cccc2cn[nH]c12. The number of hydrogen-bond donors (Lipinski definition) is 2. The Morgan fingerprint density at radius 1 is 1.54 bits per heavy atom. The first kappa shape index (κ1) is 7.60. The second-order valence-corrected chi connectivity index (χ2v) is 2.51. The molecule has 1 heterocycles. The van der Waals surface area contributed by atoms with E-state index in [2.05, 4.69) is 10.2 Å². The minimum Gasteiger partial charge on any atom is -0.408 e. The van der Waals surface area contributed by atoms with Crippen LogP contribution >= 0.6 is 0 Å². The summed E-state index contributed by atoms with van der Waals surface area (Å²) in [6, 6.07) is 5.26. The zero-order valence-electron chi connectivity index (χ0n) is 6.65. The van der Waals surface area contributed by atoms with Gasteiger partial charge in [0.05, 0.1) is 6.20 Å². The zero-order valence-corrected chi connectivity index (χ0v) is 6.65. The summed E-state index contributed by atoms with van der Waals surface area (Å²) < 4.78 is 4.75. The third-order valence-electron chi connectivity index (χ3n) is 1.65. The normalized spacial score (nSPS) is 10.2. The Bertz CT molecular complexity index is 449. The first-order chi connectivity index (χ1) is 6.27. The number of rotatable bonds is 1. The Kier molecular flexibility index (Phi) is 1.63. The Morgan fingerprint density at radius 3 is 3.15 bits per heavy atom. The third kappa shape index (κ3) is 1.31. The van der Waals surface area contributed by atoms with E-state index >= 15 is 0 Å². The number of hydrogen-bond acceptors (Lipinski definition) is 3. The molecule has 0 aliphatic heterocycles. The molecular weight excluding hydrogens is 170 g/mol. The van der Waals surface area contributed by atoms with Crippen molar-refractivity contribution >= 4 is 17.0 Å². The Labute approximate surface area is 73.5 Å². The highest BCUT2D eigenvalue weighted by molar-refractivity contribution is 5.86. The van der Waals surface area contributed by atoms with Crippen LogP contribution in [0.1, 0.15) is 0 Å². The number of ether oxygens (including phenoxy) is 1. The Balaban J connectivity index is 2.54. The molecule has 0 spiro atoms. The van der Waals surface area contributed by atoms with E-state index in [-0.39, 0.29) is 0 Å². The van der Waals surface area contributed by atoms with Gasteiger partial charge in [0.1, 0.15) is 5.52 Å². The van der Waals surface area contributed by atoms with Gasteiger partial charge in [-0.1, -0.05) is 12.1 Å². The lowest BCUT2D eigenvalue weighted by atomic mass is 10.2. The molecule has 5 heteroatoms. The fourth-order valence-electron chi connectivity index (χ4n) is 1.14. The number of carbonyl (C=O) groups is 1. The van der Waals surface area contributed by atoms with Crippen LogP contribution in [0.25, 0.3) is 10.9 Å².